The Balaban J connectivity index is 2.09. The van der Waals surface area contributed by atoms with Crippen LogP contribution in [0.4, 0.5) is 11.4 Å². The molecule has 0 unspecified atom stereocenters. The van der Waals surface area contributed by atoms with Crippen molar-refractivity contribution in [2.24, 2.45) is 0 Å². The summed E-state index contributed by atoms with van der Waals surface area (Å²) in [6.45, 7) is 0.832. The van der Waals surface area contributed by atoms with Gasteiger partial charge in [-0.25, -0.2) is 0 Å². The second-order valence-electron chi connectivity index (χ2n) is 4.42. The lowest BCUT2D eigenvalue weighted by molar-refractivity contribution is -0.394. The van der Waals surface area contributed by atoms with Gasteiger partial charge >= 0.3 is 0 Å². The summed E-state index contributed by atoms with van der Waals surface area (Å²) in [6, 6.07) is 13.3. The lowest BCUT2D eigenvalue weighted by Crippen LogP contribution is -2.13. The van der Waals surface area contributed by atoms with E-state index < -0.39 is 9.85 Å². The van der Waals surface area contributed by atoms with Gasteiger partial charge in [0, 0.05) is 24.7 Å². The number of non-ortho nitro benzene ring substituents is 1. The van der Waals surface area contributed by atoms with E-state index in [0.29, 0.717) is 12.1 Å². The number of nitrogens with zero attached hydrogens (tertiary/aromatic N) is 2. The number of hydrogen-bond acceptors (Lipinski definition) is 5. The molecule has 0 aliphatic heterocycles. The van der Waals surface area contributed by atoms with E-state index in [9.17, 15) is 20.2 Å². The predicted octanol–water partition coefficient (Wildman–Crippen LogP) is 2.79. The van der Waals surface area contributed by atoms with Gasteiger partial charge in [0.05, 0.1) is 15.9 Å². The van der Waals surface area contributed by atoms with Crippen LogP contribution in [0.25, 0.3) is 0 Å². The Morgan fingerprint density at radius 3 is 2.24 bits per heavy atom. The molecule has 0 aromatic heterocycles. The first-order chi connectivity index (χ1) is 10.1. The zero-order valence-corrected chi connectivity index (χ0v) is 11.1. The van der Waals surface area contributed by atoms with E-state index in [1.807, 2.05) is 30.3 Å². The third-order valence-electron chi connectivity index (χ3n) is 2.96. The van der Waals surface area contributed by atoms with Gasteiger partial charge in [0.15, 0.2) is 0 Å². The fourth-order valence-electron chi connectivity index (χ4n) is 1.92. The molecule has 0 saturated heterocycles. The maximum Gasteiger partial charge on any atom is 0.280 e. The second-order valence-corrected chi connectivity index (χ2v) is 4.42. The SMILES string of the molecule is O=[N+]([O-])c1ccc(CNCc2ccccc2)c([N+](=O)[O-])c1. The molecule has 0 bridgehead atoms. The van der Waals surface area contributed by atoms with Crippen LogP contribution in [0.3, 0.4) is 0 Å². The van der Waals surface area contributed by atoms with Crippen LogP contribution in [0.15, 0.2) is 48.5 Å². The van der Waals surface area contributed by atoms with Crippen molar-refractivity contribution in [1.82, 2.24) is 5.32 Å². The van der Waals surface area contributed by atoms with Crippen molar-refractivity contribution in [2.75, 3.05) is 0 Å². The van der Waals surface area contributed by atoms with Crippen LogP contribution < -0.4 is 5.32 Å². The summed E-state index contributed by atoms with van der Waals surface area (Å²) in [5, 5.41) is 24.7. The Morgan fingerprint density at radius 1 is 0.905 bits per heavy atom. The van der Waals surface area contributed by atoms with Gasteiger partial charge in [-0.1, -0.05) is 30.3 Å². The third-order valence-corrected chi connectivity index (χ3v) is 2.96. The molecule has 2 aromatic rings. The maximum atomic E-state index is 11.0. The van der Waals surface area contributed by atoms with Gasteiger partial charge in [-0.2, -0.15) is 0 Å². The summed E-state index contributed by atoms with van der Waals surface area (Å²) in [4.78, 5) is 20.4. The Morgan fingerprint density at radius 2 is 1.62 bits per heavy atom. The molecule has 7 heteroatoms. The highest BCUT2D eigenvalue weighted by molar-refractivity contribution is 5.49. The highest BCUT2D eigenvalue weighted by Crippen LogP contribution is 2.24. The maximum absolute atomic E-state index is 11.0. The van der Waals surface area contributed by atoms with E-state index in [1.165, 1.54) is 12.1 Å². The molecule has 0 aliphatic rings. The first-order valence-corrected chi connectivity index (χ1v) is 6.24. The van der Waals surface area contributed by atoms with E-state index in [0.717, 1.165) is 11.6 Å². The van der Waals surface area contributed by atoms with Crippen LogP contribution in [-0.4, -0.2) is 9.85 Å². The molecule has 0 fully saturated rings. The molecule has 0 saturated carbocycles. The minimum Gasteiger partial charge on any atom is -0.308 e. The molecule has 0 heterocycles. The van der Waals surface area contributed by atoms with Crippen molar-refractivity contribution in [1.29, 1.82) is 0 Å². The lowest BCUT2D eigenvalue weighted by atomic mass is 10.1. The monoisotopic (exact) mass is 287 g/mol. The molecular formula is C14H13N3O4. The molecule has 0 radical (unpaired) electrons. The first-order valence-electron chi connectivity index (χ1n) is 6.24. The van der Waals surface area contributed by atoms with Gasteiger partial charge in [-0.3, -0.25) is 20.2 Å². The fourth-order valence-corrected chi connectivity index (χ4v) is 1.92. The van der Waals surface area contributed by atoms with Crippen LogP contribution in [0, 0.1) is 20.2 Å². The minimum atomic E-state index is -0.645. The summed E-state index contributed by atoms with van der Waals surface area (Å²) in [7, 11) is 0. The molecule has 7 nitrogen and oxygen atoms in total. The van der Waals surface area contributed by atoms with Gasteiger partial charge in [0.2, 0.25) is 0 Å². The quantitative estimate of drug-likeness (QED) is 0.650. The van der Waals surface area contributed by atoms with Gasteiger partial charge in [-0.05, 0) is 11.6 Å². The van der Waals surface area contributed by atoms with Crippen LogP contribution in [-0.2, 0) is 13.1 Å². The summed E-state index contributed by atoms with van der Waals surface area (Å²) >= 11 is 0. The summed E-state index contributed by atoms with van der Waals surface area (Å²) in [5.41, 5.74) is 0.946. The van der Waals surface area contributed by atoms with Gasteiger partial charge in [0.25, 0.3) is 11.4 Å². The standard InChI is InChI=1S/C14H13N3O4/c18-16(19)13-7-6-12(14(8-13)17(20)21)10-15-9-11-4-2-1-3-5-11/h1-8,15H,9-10H2. The molecule has 21 heavy (non-hydrogen) atoms. The number of nitro groups is 2. The Kier molecular flexibility index (Phi) is 4.57. The van der Waals surface area contributed by atoms with E-state index in [4.69, 9.17) is 0 Å². The summed E-state index contributed by atoms with van der Waals surface area (Å²) < 4.78 is 0. The minimum absolute atomic E-state index is 0.246. The molecule has 0 amide bonds. The number of rotatable bonds is 6. The van der Waals surface area contributed by atoms with E-state index in [-0.39, 0.29) is 17.9 Å². The van der Waals surface area contributed by atoms with E-state index in [2.05, 4.69) is 5.32 Å². The highest BCUT2D eigenvalue weighted by Gasteiger charge is 2.18. The average molecular weight is 287 g/mol. The lowest BCUT2D eigenvalue weighted by Gasteiger charge is -2.06. The van der Waals surface area contributed by atoms with Crippen LogP contribution >= 0.6 is 0 Å². The normalized spacial score (nSPS) is 10.3. The van der Waals surface area contributed by atoms with Crippen molar-refractivity contribution in [2.45, 2.75) is 13.1 Å². The number of nitrogens with one attached hydrogen (secondary N) is 1. The van der Waals surface area contributed by atoms with Crippen molar-refractivity contribution < 1.29 is 9.85 Å². The molecule has 0 atom stereocenters. The Labute approximate surface area is 120 Å². The molecular weight excluding hydrogens is 274 g/mol. The fraction of sp³-hybridized carbons (Fsp3) is 0.143. The van der Waals surface area contributed by atoms with Crippen LogP contribution in [0.2, 0.25) is 0 Å². The third kappa shape index (κ3) is 3.83. The van der Waals surface area contributed by atoms with Crippen molar-refractivity contribution in [3.63, 3.8) is 0 Å². The second kappa shape index (κ2) is 6.58. The first kappa shape index (κ1) is 14.6. The predicted molar refractivity (Wildman–Crippen MR) is 76.7 cm³/mol. The highest BCUT2D eigenvalue weighted by atomic mass is 16.6. The van der Waals surface area contributed by atoms with Crippen molar-refractivity contribution in [3.05, 3.63) is 79.9 Å². The van der Waals surface area contributed by atoms with E-state index >= 15 is 0 Å². The molecule has 2 rings (SSSR count). The Bertz CT molecular complexity index is 659. The van der Waals surface area contributed by atoms with Gasteiger partial charge in [-0.15, -0.1) is 0 Å². The van der Waals surface area contributed by atoms with Crippen molar-refractivity contribution in [3.8, 4) is 0 Å². The number of benzene rings is 2. The average Bonchev–Trinajstić information content (AvgIpc) is 2.48. The Hall–Kier alpha value is -2.80. The smallest absolute Gasteiger partial charge is 0.280 e. The van der Waals surface area contributed by atoms with Crippen molar-refractivity contribution >= 4 is 11.4 Å². The van der Waals surface area contributed by atoms with Gasteiger partial charge in [0.1, 0.15) is 0 Å². The zero-order chi connectivity index (χ0) is 15.2. The largest absolute Gasteiger partial charge is 0.308 e. The summed E-state index contributed by atoms with van der Waals surface area (Å²) in [6.07, 6.45) is 0. The number of nitro benzene ring substituents is 2. The molecule has 2 aromatic carbocycles. The van der Waals surface area contributed by atoms with Crippen LogP contribution in [0.1, 0.15) is 11.1 Å². The topological polar surface area (TPSA) is 98.3 Å². The van der Waals surface area contributed by atoms with E-state index in [1.54, 1.807) is 0 Å². The van der Waals surface area contributed by atoms with Gasteiger partial charge < -0.3 is 5.32 Å². The zero-order valence-electron chi connectivity index (χ0n) is 11.1. The van der Waals surface area contributed by atoms with Crippen LogP contribution in [0.5, 0.6) is 0 Å². The molecule has 108 valence electrons. The molecule has 0 aliphatic carbocycles. The molecule has 0 spiro atoms. The molecule has 1 N–H and O–H groups in total. The number of hydrogen-bond donors (Lipinski definition) is 1. The summed E-state index contributed by atoms with van der Waals surface area (Å²) in [5.74, 6) is 0.